The number of nitrogens with two attached hydrogens (primary N) is 2. The van der Waals surface area contributed by atoms with Crippen LogP contribution in [0.2, 0.25) is 0 Å². The van der Waals surface area contributed by atoms with Crippen LogP contribution in [-0.2, 0) is 0 Å². The lowest BCUT2D eigenvalue weighted by atomic mass is 10.1. The molecule has 2 unspecified atom stereocenters. The minimum absolute atomic E-state index is 0.306. The lowest BCUT2D eigenvalue weighted by molar-refractivity contribution is 0.250. The van der Waals surface area contributed by atoms with E-state index in [1.807, 2.05) is 0 Å². The van der Waals surface area contributed by atoms with Gasteiger partial charge in [0.05, 0.1) is 0 Å². The van der Waals surface area contributed by atoms with Gasteiger partial charge in [-0.2, -0.15) is 0 Å². The zero-order valence-corrected chi connectivity index (χ0v) is 16.4. The lowest BCUT2D eigenvalue weighted by Gasteiger charge is -2.24. The Bertz CT molecular complexity index is 217. The van der Waals surface area contributed by atoms with Crippen molar-refractivity contribution in [3.05, 3.63) is 0 Å². The van der Waals surface area contributed by atoms with Gasteiger partial charge in [0.25, 0.3) is 0 Å². The molecule has 0 aliphatic rings. The average Bonchev–Trinajstić information content (AvgIpc) is 2.50. The number of hydrogen-bond donors (Lipinski definition) is 2. The summed E-state index contributed by atoms with van der Waals surface area (Å²) in [5.74, 6) is 0. The molecule has 0 amide bonds. The zero-order chi connectivity index (χ0) is 17.3. The van der Waals surface area contributed by atoms with Gasteiger partial charge >= 0.3 is 0 Å². The third kappa shape index (κ3) is 18.1. The maximum atomic E-state index is 5.90. The molecule has 0 bridgehead atoms. The molecule has 0 radical (unpaired) electrons. The van der Waals surface area contributed by atoms with Gasteiger partial charge in [-0.3, -0.25) is 0 Å². The number of rotatable bonds is 17. The van der Waals surface area contributed by atoms with Crippen LogP contribution in [-0.4, -0.2) is 36.6 Å². The van der Waals surface area contributed by atoms with Crippen LogP contribution in [0.4, 0.5) is 0 Å². The molecule has 0 aliphatic carbocycles. The maximum Gasteiger partial charge on any atom is 0.00226 e. The Balaban J connectivity index is 3.56. The van der Waals surface area contributed by atoms with E-state index in [1.54, 1.807) is 0 Å². The number of unbranched alkanes of at least 4 members (excludes halogenated alkanes) is 9. The molecule has 0 saturated heterocycles. The maximum absolute atomic E-state index is 5.90. The van der Waals surface area contributed by atoms with Crippen molar-refractivity contribution >= 4 is 0 Å². The first-order valence-electron chi connectivity index (χ1n) is 10.3. The Morgan fingerprint density at radius 2 is 1.00 bits per heavy atom. The molecular weight excluding hydrogens is 282 g/mol. The number of hydrogen-bond acceptors (Lipinski definition) is 3. The standard InChI is InChI=1S/C20H45N3/c1-4-5-6-7-8-9-10-11-12-13-16-23(17-14-19(2)21)18-15-20(3)22/h19-20H,4-18,21-22H2,1-3H3. The normalized spacial score (nSPS) is 14.3. The fraction of sp³-hybridized carbons (Fsp3) is 1.00. The van der Waals surface area contributed by atoms with Crippen LogP contribution in [0.3, 0.4) is 0 Å². The Kier molecular flexibility index (Phi) is 16.6. The topological polar surface area (TPSA) is 55.3 Å². The first-order chi connectivity index (χ1) is 11.1. The third-order valence-corrected chi connectivity index (χ3v) is 4.63. The first kappa shape index (κ1) is 22.9. The molecule has 0 saturated carbocycles. The summed E-state index contributed by atoms with van der Waals surface area (Å²) in [5, 5.41) is 0. The molecule has 2 atom stereocenters. The minimum Gasteiger partial charge on any atom is -0.328 e. The second-order valence-corrected chi connectivity index (χ2v) is 7.56. The van der Waals surface area contributed by atoms with Crippen molar-refractivity contribution in [1.82, 2.24) is 4.90 Å². The molecular formula is C20H45N3. The second kappa shape index (κ2) is 16.7. The van der Waals surface area contributed by atoms with Crippen molar-refractivity contribution in [2.24, 2.45) is 11.5 Å². The van der Waals surface area contributed by atoms with E-state index in [0.717, 1.165) is 25.9 Å². The van der Waals surface area contributed by atoms with Crippen molar-refractivity contribution in [3.63, 3.8) is 0 Å². The van der Waals surface area contributed by atoms with Gasteiger partial charge < -0.3 is 16.4 Å². The molecule has 0 aliphatic heterocycles. The fourth-order valence-electron chi connectivity index (χ4n) is 2.93. The van der Waals surface area contributed by atoms with E-state index in [1.165, 1.54) is 70.8 Å². The molecule has 0 aromatic heterocycles. The highest BCUT2D eigenvalue weighted by atomic mass is 15.1. The summed E-state index contributed by atoms with van der Waals surface area (Å²) in [6.45, 7) is 9.96. The molecule has 0 rings (SSSR count). The smallest absolute Gasteiger partial charge is 0.00226 e. The summed E-state index contributed by atoms with van der Waals surface area (Å²) in [6.07, 6.45) is 16.2. The first-order valence-corrected chi connectivity index (χ1v) is 10.3. The lowest BCUT2D eigenvalue weighted by Crippen LogP contribution is -2.33. The summed E-state index contributed by atoms with van der Waals surface area (Å²) in [6, 6.07) is 0.612. The molecule has 0 aromatic carbocycles. The largest absolute Gasteiger partial charge is 0.328 e. The second-order valence-electron chi connectivity index (χ2n) is 7.56. The Morgan fingerprint density at radius 1 is 0.609 bits per heavy atom. The molecule has 3 nitrogen and oxygen atoms in total. The van der Waals surface area contributed by atoms with E-state index in [-0.39, 0.29) is 0 Å². The van der Waals surface area contributed by atoms with Gasteiger partial charge in [-0.25, -0.2) is 0 Å². The van der Waals surface area contributed by atoms with E-state index < -0.39 is 0 Å². The van der Waals surface area contributed by atoms with E-state index >= 15 is 0 Å². The van der Waals surface area contributed by atoms with Crippen LogP contribution < -0.4 is 11.5 Å². The van der Waals surface area contributed by atoms with Gasteiger partial charge in [0, 0.05) is 12.1 Å². The summed E-state index contributed by atoms with van der Waals surface area (Å²) < 4.78 is 0. The van der Waals surface area contributed by atoms with Crippen molar-refractivity contribution in [3.8, 4) is 0 Å². The van der Waals surface area contributed by atoms with Gasteiger partial charge in [0.1, 0.15) is 0 Å². The van der Waals surface area contributed by atoms with Crippen LogP contribution in [0.5, 0.6) is 0 Å². The Morgan fingerprint density at radius 3 is 1.39 bits per heavy atom. The highest BCUT2D eigenvalue weighted by Crippen LogP contribution is 2.11. The predicted molar refractivity (Wildman–Crippen MR) is 105 cm³/mol. The van der Waals surface area contributed by atoms with Crippen LogP contribution in [0, 0.1) is 0 Å². The van der Waals surface area contributed by atoms with Crippen LogP contribution in [0.15, 0.2) is 0 Å². The van der Waals surface area contributed by atoms with E-state index in [2.05, 4.69) is 25.7 Å². The molecule has 140 valence electrons. The molecule has 3 heteroatoms. The van der Waals surface area contributed by atoms with Gasteiger partial charge in [0.15, 0.2) is 0 Å². The molecule has 4 N–H and O–H groups in total. The van der Waals surface area contributed by atoms with Crippen LogP contribution in [0.25, 0.3) is 0 Å². The highest BCUT2D eigenvalue weighted by Gasteiger charge is 2.07. The summed E-state index contributed by atoms with van der Waals surface area (Å²) in [7, 11) is 0. The van der Waals surface area contributed by atoms with Crippen LogP contribution in [0.1, 0.15) is 97.8 Å². The van der Waals surface area contributed by atoms with Gasteiger partial charge in [-0.15, -0.1) is 0 Å². The molecule has 0 spiro atoms. The molecule has 23 heavy (non-hydrogen) atoms. The summed E-state index contributed by atoms with van der Waals surface area (Å²) >= 11 is 0. The quantitative estimate of drug-likeness (QED) is 0.381. The SMILES string of the molecule is CCCCCCCCCCCCN(CCC(C)N)CCC(C)N. The van der Waals surface area contributed by atoms with Crippen molar-refractivity contribution in [1.29, 1.82) is 0 Å². The predicted octanol–water partition coefficient (Wildman–Crippen LogP) is 4.68. The van der Waals surface area contributed by atoms with E-state index in [9.17, 15) is 0 Å². The zero-order valence-electron chi connectivity index (χ0n) is 16.4. The summed E-state index contributed by atoms with van der Waals surface area (Å²) in [5.41, 5.74) is 11.8. The highest BCUT2D eigenvalue weighted by molar-refractivity contribution is 4.65. The van der Waals surface area contributed by atoms with E-state index in [4.69, 9.17) is 11.5 Å². The molecule has 0 heterocycles. The van der Waals surface area contributed by atoms with Crippen molar-refractivity contribution < 1.29 is 0 Å². The average molecular weight is 328 g/mol. The minimum atomic E-state index is 0.306. The van der Waals surface area contributed by atoms with E-state index in [0.29, 0.717) is 12.1 Å². The summed E-state index contributed by atoms with van der Waals surface area (Å²) in [4.78, 5) is 2.57. The Labute approximate surface area is 146 Å². The van der Waals surface area contributed by atoms with Crippen LogP contribution >= 0.6 is 0 Å². The van der Waals surface area contributed by atoms with Crippen molar-refractivity contribution in [2.45, 2.75) is 110 Å². The van der Waals surface area contributed by atoms with Gasteiger partial charge in [-0.05, 0) is 52.7 Å². The third-order valence-electron chi connectivity index (χ3n) is 4.63. The van der Waals surface area contributed by atoms with Gasteiger partial charge in [0.2, 0.25) is 0 Å². The monoisotopic (exact) mass is 327 g/mol. The Hall–Kier alpha value is -0.120. The van der Waals surface area contributed by atoms with Crippen molar-refractivity contribution in [2.75, 3.05) is 19.6 Å². The number of nitrogens with zero attached hydrogens (tertiary/aromatic N) is 1. The van der Waals surface area contributed by atoms with Gasteiger partial charge in [-0.1, -0.05) is 64.7 Å². The molecule has 0 fully saturated rings. The fourth-order valence-corrected chi connectivity index (χ4v) is 2.93. The molecule has 0 aromatic rings.